The molecule has 0 radical (unpaired) electrons. The highest BCUT2D eigenvalue weighted by Crippen LogP contribution is 2.33. The number of aliphatic hydroxyl groups excluding tert-OH is 1. The summed E-state index contributed by atoms with van der Waals surface area (Å²) in [5.41, 5.74) is 4.10. The Bertz CT molecular complexity index is 587. The Hall–Kier alpha value is -1.54. The van der Waals surface area contributed by atoms with Gasteiger partial charge in [0.2, 0.25) is 0 Å². The van der Waals surface area contributed by atoms with E-state index < -0.39 is 0 Å². The van der Waals surface area contributed by atoms with E-state index in [0.29, 0.717) is 5.92 Å². The van der Waals surface area contributed by atoms with Crippen molar-refractivity contribution < 1.29 is 5.11 Å². The van der Waals surface area contributed by atoms with Gasteiger partial charge in [0.25, 0.3) is 0 Å². The highest BCUT2D eigenvalue weighted by Gasteiger charge is 2.20. The van der Waals surface area contributed by atoms with Gasteiger partial charge in [0.05, 0.1) is 6.10 Å². The van der Waals surface area contributed by atoms with E-state index in [-0.39, 0.29) is 6.10 Å². The SMILES string of the molecule is CCCC(O)c1ccn(CC2CCCc3ccccc32)c1. The van der Waals surface area contributed by atoms with Crippen molar-refractivity contribution >= 4 is 0 Å². The summed E-state index contributed by atoms with van der Waals surface area (Å²) >= 11 is 0. The molecule has 1 aromatic carbocycles. The summed E-state index contributed by atoms with van der Waals surface area (Å²) in [5.74, 6) is 0.610. The molecular formula is C19H25NO. The number of aliphatic hydroxyl groups is 1. The summed E-state index contributed by atoms with van der Waals surface area (Å²) in [6, 6.07) is 10.9. The van der Waals surface area contributed by atoms with Gasteiger partial charge in [-0.05, 0) is 48.4 Å². The second-order valence-electron chi connectivity index (χ2n) is 6.23. The van der Waals surface area contributed by atoms with Gasteiger partial charge in [0.15, 0.2) is 0 Å². The van der Waals surface area contributed by atoms with Crippen molar-refractivity contribution in [1.29, 1.82) is 0 Å². The Morgan fingerprint density at radius 2 is 2.14 bits per heavy atom. The molecule has 0 aliphatic heterocycles. The normalized spacial score (nSPS) is 19.2. The van der Waals surface area contributed by atoms with Crippen LogP contribution in [0.2, 0.25) is 0 Å². The third kappa shape index (κ3) is 3.21. The van der Waals surface area contributed by atoms with Crippen LogP contribution in [0.15, 0.2) is 42.7 Å². The van der Waals surface area contributed by atoms with Gasteiger partial charge in [-0.15, -0.1) is 0 Å². The monoisotopic (exact) mass is 283 g/mol. The maximum atomic E-state index is 10.1. The molecular weight excluding hydrogens is 258 g/mol. The van der Waals surface area contributed by atoms with E-state index in [4.69, 9.17) is 0 Å². The summed E-state index contributed by atoms with van der Waals surface area (Å²) in [6.45, 7) is 3.13. The van der Waals surface area contributed by atoms with Crippen LogP contribution in [0.3, 0.4) is 0 Å². The van der Waals surface area contributed by atoms with Crippen LogP contribution in [0.25, 0.3) is 0 Å². The number of fused-ring (bicyclic) bond motifs is 1. The van der Waals surface area contributed by atoms with Gasteiger partial charge in [-0.3, -0.25) is 0 Å². The lowest BCUT2D eigenvalue weighted by molar-refractivity contribution is 0.166. The van der Waals surface area contributed by atoms with Crippen molar-refractivity contribution in [1.82, 2.24) is 4.57 Å². The summed E-state index contributed by atoms with van der Waals surface area (Å²) in [5, 5.41) is 10.1. The predicted molar refractivity (Wildman–Crippen MR) is 86.4 cm³/mol. The number of rotatable bonds is 5. The molecule has 2 heteroatoms. The maximum Gasteiger partial charge on any atom is 0.0804 e. The number of nitrogens with zero attached hydrogens (tertiary/aromatic N) is 1. The molecule has 0 bridgehead atoms. The fraction of sp³-hybridized carbons (Fsp3) is 0.474. The van der Waals surface area contributed by atoms with Gasteiger partial charge in [-0.25, -0.2) is 0 Å². The second kappa shape index (κ2) is 6.48. The van der Waals surface area contributed by atoms with Gasteiger partial charge in [0.1, 0.15) is 0 Å². The maximum absolute atomic E-state index is 10.1. The minimum Gasteiger partial charge on any atom is -0.388 e. The van der Waals surface area contributed by atoms with Gasteiger partial charge in [0, 0.05) is 24.9 Å². The minimum atomic E-state index is -0.310. The molecule has 0 saturated carbocycles. The Labute approximate surface area is 127 Å². The molecule has 2 aromatic rings. The van der Waals surface area contributed by atoms with Crippen molar-refractivity contribution in [2.24, 2.45) is 0 Å². The molecule has 0 fully saturated rings. The molecule has 2 atom stereocenters. The van der Waals surface area contributed by atoms with Crippen molar-refractivity contribution in [3.8, 4) is 0 Å². The third-order valence-electron chi connectivity index (χ3n) is 4.65. The van der Waals surface area contributed by atoms with Crippen LogP contribution in [0, 0.1) is 0 Å². The van der Waals surface area contributed by atoms with Crippen molar-refractivity contribution in [3.05, 3.63) is 59.4 Å². The second-order valence-corrected chi connectivity index (χ2v) is 6.23. The highest BCUT2D eigenvalue weighted by molar-refractivity contribution is 5.32. The topological polar surface area (TPSA) is 25.2 Å². The zero-order valence-corrected chi connectivity index (χ0v) is 12.8. The van der Waals surface area contributed by atoms with E-state index in [1.807, 2.05) is 0 Å². The molecule has 1 N–H and O–H groups in total. The largest absolute Gasteiger partial charge is 0.388 e. The average molecular weight is 283 g/mol. The first-order valence-corrected chi connectivity index (χ1v) is 8.19. The molecule has 112 valence electrons. The number of hydrogen-bond donors (Lipinski definition) is 1. The van der Waals surface area contributed by atoms with E-state index in [1.54, 1.807) is 0 Å². The molecule has 2 nitrogen and oxygen atoms in total. The van der Waals surface area contributed by atoms with E-state index in [0.717, 1.165) is 24.9 Å². The standard InChI is InChI=1S/C19H25NO/c1-2-6-19(21)17-11-12-20(14-17)13-16-9-5-8-15-7-3-4-10-18(15)16/h3-4,7,10-12,14,16,19,21H,2,5-6,8-9,13H2,1H3. The molecule has 3 rings (SSSR count). The Morgan fingerprint density at radius 3 is 3.00 bits per heavy atom. The van der Waals surface area contributed by atoms with E-state index in [9.17, 15) is 5.11 Å². The number of aryl methyl sites for hydroxylation is 1. The molecule has 1 heterocycles. The molecule has 1 aromatic heterocycles. The summed E-state index contributed by atoms with van der Waals surface area (Å²) in [6.07, 6.45) is 9.56. The third-order valence-corrected chi connectivity index (χ3v) is 4.65. The van der Waals surface area contributed by atoms with Crippen LogP contribution in [-0.2, 0) is 13.0 Å². The molecule has 1 aliphatic rings. The summed E-state index contributed by atoms with van der Waals surface area (Å²) in [4.78, 5) is 0. The lowest BCUT2D eigenvalue weighted by Gasteiger charge is -2.25. The van der Waals surface area contributed by atoms with Gasteiger partial charge in [-0.2, -0.15) is 0 Å². The Morgan fingerprint density at radius 1 is 1.29 bits per heavy atom. The molecule has 21 heavy (non-hydrogen) atoms. The highest BCUT2D eigenvalue weighted by atomic mass is 16.3. The van der Waals surface area contributed by atoms with Gasteiger partial charge in [-0.1, -0.05) is 37.6 Å². The van der Waals surface area contributed by atoms with Crippen molar-refractivity contribution in [3.63, 3.8) is 0 Å². The summed E-state index contributed by atoms with van der Waals surface area (Å²) < 4.78 is 2.25. The van der Waals surface area contributed by atoms with Gasteiger partial charge >= 0.3 is 0 Å². The minimum absolute atomic E-state index is 0.310. The Kier molecular flexibility index (Phi) is 4.45. The van der Waals surface area contributed by atoms with E-state index in [2.05, 4.69) is 54.2 Å². The fourth-order valence-electron chi connectivity index (χ4n) is 3.51. The van der Waals surface area contributed by atoms with Crippen LogP contribution in [0.4, 0.5) is 0 Å². The zero-order chi connectivity index (χ0) is 14.7. The lowest BCUT2D eigenvalue weighted by Crippen LogP contribution is -2.14. The number of hydrogen-bond acceptors (Lipinski definition) is 1. The fourth-order valence-corrected chi connectivity index (χ4v) is 3.51. The van der Waals surface area contributed by atoms with E-state index in [1.165, 1.54) is 30.4 Å². The van der Waals surface area contributed by atoms with Crippen LogP contribution >= 0.6 is 0 Å². The molecule has 1 aliphatic carbocycles. The molecule has 2 unspecified atom stereocenters. The smallest absolute Gasteiger partial charge is 0.0804 e. The Balaban J connectivity index is 1.73. The van der Waals surface area contributed by atoms with E-state index >= 15 is 0 Å². The molecule has 0 saturated heterocycles. The zero-order valence-electron chi connectivity index (χ0n) is 12.8. The number of benzene rings is 1. The van der Waals surface area contributed by atoms with Crippen LogP contribution in [0.1, 0.15) is 61.3 Å². The summed E-state index contributed by atoms with van der Waals surface area (Å²) in [7, 11) is 0. The first-order valence-electron chi connectivity index (χ1n) is 8.19. The van der Waals surface area contributed by atoms with Crippen LogP contribution in [0.5, 0.6) is 0 Å². The lowest BCUT2D eigenvalue weighted by atomic mass is 9.83. The average Bonchev–Trinajstić information content (AvgIpc) is 2.97. The van der Waals surface area contributed by atoms with Gasteiger partial charge < -0.3 is 9.67 Å². The van der Waals surface area contributed by atoms with Crippen LogP contribution < -0.4 is 0 Å². The first kappa shape index (κ1) is 14.4. The quantitative estimate of drug-likeness (QED) is 0.862. The first-order chi connectivity index (χ1) is 10.3. The number of aromatic nitrogens is 1. The molecule has 0 spiro atoms. The van der Waals surface area contributed by atoms with Crippen LogP contribution in [-0.4, -0.2) is 9.67 Å². The van der Waals surface area contributed by atoms with Crippen molar-refractivity contribution in [2.75, 3.05) is 0 Å². The predicted octanol–water partition coefficient (Wildman–Crippen LogP) is 4.44. The molecule has 0 amide bonds. The van der Waals surface area contributed by atoms with Crippen molar-refractivity contribution in [2.45, 2.75) is 57.6 Å².